The molecule has 1 unspecified atom stereocenters. The van der Waals surface area contributed by atoms with E-state index in [4.69, 9.17) is 9.47 Å². The lowest BCUT2D eigenvalue weighted by Crippen LogP contribution is -2.37. The summed E-state index contributed by atoms with van der Waals surface area (Å²) in [5.74, 6) is 2.36. The molecular weight excluding hydrogens is 312 g/mol. The molecule has 0 aliphatic carbocycles. The number of carbonyl (C=O) groups is 1. The molecule has 3 rings (SSSR count). The van der Waals surface area contributed by atoms with Gasteiger partial charge in [-0.2, -0.15) is 0 Å². The highest BCUT2D eigenvalue weighted by molar-refractivity contribution is 8.00. The van der Waals surface area contributed by atoms with Crippen LogP contribution in [0.2, 0.25) is 0 Å². The first kappa shape index (κ1) is 16.5. The Morgan fingerprint density at radius 1 is 1.22 bits per heavy atom. The molecule has 1 aromatic rings. The van der Waals surface area contributed by atoms with Gasteiger partial charge in [-0.05, 0) is 30.8 Å². The van der Waals surface area contributed by atoms with Crippen molar-refractivity contribution in [2.24, 2.45) is 0 Å². The Morgan fingerprint density at radius 2 is 1.96 bits per heavy atom. The van der Waals surface area contributed by atoms with Gasteiger partial charge in [0, 0.05) is 13.1 Å². The molecule has 1 fully saturated rings. The number of likely N-dealkylation sites (N-methyl/N-ethyl adjacent to an activating group) is 1. The van der Waals surface area contributed by atoms with Crippen molar-refractivity contribution in [1.29, 1.82) is 0 Å². The van der Waals surface area contributed by atoms with Crippen molar-refractivity contribution in [3.8, 4) is 11.5 Å². The Balaban J connectivity index is 1.73. The van der Waals surface area contributed by atoms with Gasteiger partial charge in [-0.25, -0.2) is 0 Å². The van der Waals surface area contributed by atoms with Crippen LogP contribution in [0.4, 0.5) is 0 Å². The third-order valence-corrected chi connectivity index (χ3v) is 5.63. The first-order valence-electron chi connectivity index (χ1n) is 8.26. The highest BCUT2D eigenvalue weighted by Crippen LogP contribution is 2.41. The fraction of sp³-hybridized carbons (Fsp3) is 0.588. The summed E-state index contributed by atoms with van der Waals surface area (Å²) in [5, 5.41) is 0.0777. The molecule has 0 saturated carbocycles. The number of carbonyl (C=O) groups excluding carboxylic acids is 1. The second kappa shape index (κ2) is 7.45. The van der Waals surface area contributed by atoms with E-state index in [1.807, 2.05) is 23.1 Å². The van der Waals surface area contributed by atoms with Crippen LogP contribution in [0.15, 0.2) is 18.2 Å². The van der Waals surface area contributed by atoms with Crippen molar-refractivity contribution in [3.63, 3.8) is 0 Å². The van der Waals surface area contributed by atoms with Crippen LogP contribution >= 0.6 is 11.8 Å². The molecule has 23 heavy (non-hydrogen) atoms. The molecule has 0 aromatic heterocycles. The van der Waals surface area contributed by atoms with E-state index in [0.29, 0.717) is 19.0 Å². The average molecular weight is 336 g/mol. The fourth-order valence-corrected chi connectivity index (χ4v) is 4.18. The summed E-state index contributed by atoms with van der Waals surface area (Å²) >= 11 is 1.69. The van der Waals surface area contributed by atoms with Crippen LogP contribution in [0.3, 0.4) is 0 Å². The summed E-state index contributed by atoms with van der Waals surface area (Å²) < 4.78 is 11.3. The molecule has 0 N–H and O–H groups in total. The van der Waals surface area contributed by atoms with E-state index >= 15 is 0 Å². The zero-order chi connectivity index (χ0) is 16.2. The topological polar surface area (TPSA) is 42.0 Å². The number of nitrogens with zero attached hydrogens (tertiary/aromatic N) is 2. The van der Waals surface area contributed by atoms with Gasteiger partial charge >= 0.3 is 0 Å². The normalized spacial score (nSPS) is 20.4. The third kappa shape index (κ3) is 3.58. The Morgan fingerprint density at radius 3 is 2.70 bits per heavy atom. The number of thioether (sulfide) groups is 1. The van der Waals surface area contributed by atoms with E-state index in [0.717, 1.165) is 43.2 Å². The summed E-state index contributed by atoms with van der Waals surface area (Å²) in [6, 6.07) is 6.03. The molecule has 1 saturated heterocycles. The van der Waals surface area contributed by atoms with Crippen molar-refractivity contribution in [2.45, 2.75) is 19.2 Å². The minimum absolute atomic E-state index is 0.0777. The van der Waals surface area contributed by atoms with Gasteiger partial charge in [0.2, 0.25) is 5.91 Å². The number of hydrogen-bond acceptors (Lipinski definition) is 5. The number of hydrogen-bond donors (Lipinski definition) is 0. The van der Waals surface area contributed by atoms with Crippen LogP contribution in [-0.4, -0.2) is 60.9 Å². The smallest absolute Gasteiger partial charge is 0.233 e. The zero-order valence-corrected chi connectivity index (χ0v) is 14.6. The van der Waals surface area contributed by atoms with Crippen LogP contribution in [0, 0.1) is 0 Å². The van der Waals surface area contributed by atoms with E-state index in [1.165, 1.54) is 0 Å². The van der Waals surface area contributed by atoms with Crippen molar-refractivity contribution >= 4 is 17.7 Å². The SMILES string of the molecule is CCN(CC)CCN1C(=O)CSC1c1ccc2c(c1)OCCO2. The molecule has 1 amide bonds. The molecule has 6 heteroatoms. The number of benzene rings is 1. The van der Waals surface area contributed by atoms with Gasteiger partial charge in [0.25, 0.3) is 0 Å². The van der Waals surface area contributed by atoms with Gasteiger partial charge in [0.15, 0.2) is 11.5 Å². The number of amides is 1. The predicted molar refractivity (Wildman–Crippen MR) is 92.1 cm³/mol. The van der Waals surface area contributed by atoms with E-state index in [2.05, 4.69) is 18.7 Å². The van der Waals surface area contributed by atoms with Gasteiger partial charge in [0.1, 0.15) is 18.6 Å². The molecule has 0 radical (unpaired) electrons. The first-order valence-corrected chi connectivity index (χ1v) is 9.30. The summed E-state index contributed by atoms with van der Waals surface area (Å²) in [6.07, 6.45) is 0. The summed E-state index contributed by atoms with van der Waals surface area (Å²) in [5.41, 5.74) is 1.12. The molecule has 126 valence electrons. The molecule has 0 spiro atoms. The lowest BCUT2D eigenvalue weighted by molar-refractivity contribution is -0.128. The van der Waals surface area contributed by atoms with Crippen molar-refractivity contribution in [3.05, 3.63) is 23.8 Å². The first-order chi connectivity index (χ1) is 11.2. The van der Waals surface area contributed by atoms with Crippen LogP contribution in [0.25, 0.3) is 0 Å². The molecule has 2 aliphatic rings. The van der Waals surface area contributed by atoms with Crippen LogP contribution < -0.4 is 9.47 Å². The van der Waals surface area contributed by atoms with Crippen molar-refractivity contribution in [2.75, 3.05) is 45.1 Å². The molecule has 1 aromatic carbocycles. The van der Waals surface area contributed by atoms with E-state index in [1.54, 1.807) is 11.8 Å². The maximum Gasteiger partial charge on any atom is 0.233 e. The van der Waals surface area contributed by atoms with Crippen LogP contribution in [-0.2, 0) is 4.79 Å². The maximum atomic E-state index is 12.3. The van der Waals surface area contributed by atoms with E-state index < -0.39 is 0 Å². The second-order valence-corrected chi connectivity index (χ2v) is 6.75. The molecule has 2 heterocycles. The Bertz CT molecular complexity index is 563. The van der Waals surface area contributed by atoms with Gasteiger partial charge in [-0.15, -0.1) is 11.8 Å². The number of ether oxygens (including phenoxy) is 2. The summed E-state index contributed by atoms with van der Waals surface area (Å²) in [6.45, 7) is 9.20. The monoisotopic (exact) mass is 336 g/mol. The quantitative estimate of drug-likeness (QED) is 0.798. The zero-order valence-electron chi connectivity index (χ0n) is 13.8. The Labute approximate surface area is 141 Å². The Kier molecular flexibility index (Phi) is 5.33. The van der Waals surface area contributed by atoms with Gasteiger partial charge in [-0.1, -0.05) is 19.9 Å². The molecule has 0 bridgehead atoms. The fourth-order valence-electron chi connectivity index (χ4n) is 2.97. The number of fused-ring (bicyclic) bond motifs is 1. The van der Waals surface area contributed by atoms with Crippen molar-refractivity contribution in [1.82, 2.24) is 9.80 Å². The molecule has 2 aliphatic heterocycles. The summed E-state index contributed by atoms with van der Waals surface area (Å²) in [7, 11) is 0. The largest absolute Gasteiger partial charge is 0.486 e. The lowest BCUT2D eigenvalue weighted by Gasteiger charge is -2.28. The minimum Gasteiger partial charge on any atom is -0.486 e. The van der Waals surface area contributed by atoms with Crippen LogP contribution in [0.5, 0.6) is 11.5 Å². The minimum atomic E-state index is 0.0777. The second-order valence-electron chi connectivity index (χ2n) is 5.68. The average Bonchev–Trinajstić information content (AvgIpc) is 2.96. The van der Waals surface area contributed by atoms with Gasteiger partial charge in [0.05, 0.1) is 5.75 Å². The lowest BCUT2D eigenvalue weighted by atomic mass is 10.1. The van der Waals surface area contributed by atoms with Crippen molar-refractivity contribution < 1.29 is 14.3 Å². The molecule has 5 nitrogen and oxygen atoms in total. The maximum absolute atomic E-state index is 12.3. The van der Waals surface area contributed by atoms with Crippen LogP contribution in [0.1, 0.15) is 24.8 Å². The number of rotatable bonds is 6. The summed E-state index contributed by atoms with van der Waals surface area (Å²) in [4.78, 5) is 16.6. The van der Waals surface area contributed by atoms with Gasteiger partial charge in [-0.3, -0.25) is 4.79 Å². The van der Waals surface area contributed by atoms with E-state index in [-0.39, 0.29) is 11.3 Å². The standard InChI is InChI=1S/C17H24N2O3S/c1-3-18(4-2)7-8-19-16(20)12-23-17(19)13-5-6-14-15(11-13)22-10-9-21-14/h5-6,11,17H,3-4,7-10,12H2,1-2H3. The predicted octanol–water partition coefficient (Wildman–Crippen LogP) is 2.37. The highest BCUT2D eigenvalue weighted by Gasteiger charge is 2.33. The highest BCUT2D eigenvalue weighted by atomic mass is 32.2. The van der Waals surface area contributed by atoms with Gasteiger partial charge < -0.3 is 19.3 Å². The molecule has 1 atom stereocenters. The van der Waals surface area contributed by atoms with E-state index in [9.17, 15) is 4.79 Å². The molecular formula is C17H24N2O3S. The third-order valence-electron chi connectivity index (χ3n) is 4.37. The Hall–Kier alpha value is -1.40.